The van der Waals surface area contributed by atoms with Crippen molar-refractivity contribution in [2.45, 2.75) is 33.3 Å². The van der Waals surface area contributed by atoms with Crippen LogP contribution in [0, 0.1) is 6.92 Å². The number of rotatable bonds is 5. The fourth-order valence-electron chi connectivity index (χ4n) is 2.11. The Hall–Kier alpha value is -2.74. The molecule has 0 spiro atoms. The van der Waals surface area contributed by atoms with Gasteiger partial charge in [0, 0.05) is 5.56 Å². The molecule has 1 atom stereocenters. The smallest absolute Gasteiger partial charge is 0.413 e. The van der Waals surface area contributed by atoms with Gasteiger partial charge in [0.15, 0.2) is 6.10 Å². The quantitative estimate of drug-likeness (QED) is 0.806. The van der Waals surface area contributed by atoms with Crippen LogP contribution in [0.15, 0.2) is 24.3 Å². The van der Waals surface area contributed by atoms with Gasteiger partial charge in [0.1, 0.15) is 9.88 Å². The van der Waals surface area contributed by atoms with Crippen molar-refractivity contribution in [1.29, 1.82) is 0 Å². The molecule has 1 N–H and O–H groups in total. The first kappa shape index (κ1) is 19.6. The molecule has 0 unspecified atom stereocenters. The third-order valence-electron chi connectivity index (χ3n) is 3.65. The minimum Gasteiger partial charge on any atom is -0.453 e. The van der Waals surface area contributed by atoms with Crippen molar-refractivity contribution >= 4 is 29.3 Å². The third-order valence-corrected chi connectivity index (χ3v) is 4.84. The molecule has 0 saturated carbocycles. The molecular weight excluding hydrogens is 356 g/mol. The molecule has 0 aliphatic carbocycles. The molecule has 2 rings (SSSR count). The molecule has 1 heterocycles. The number of thiazole rings is 1. The van der Waals surface area contributed by atoms with Gasteiger partial charge < -0.3 is 9.47 Å². The highest BCUT2D eigenvalue weighted by atomic mass is 32.1. The van der Waals surface area contributed by atoms with E-state index >= 15 is 0 Å². The predicted octanol–water partition coefficient (Wildman–Crippen LogP) is 3.11. The first-order valence-electron chi connectivity index (χ1n) is 8.02. The van der Waals surface area contributed by atoms with Crippen molar-refractivity contribution < 1.29 is 23.9 Å². The summed E-state index contributed by atoms with van der Waals surface area (Å²) in [6, 6.07) is 7.95. The number of esters is 1. The van der Waals surface area contributed by atoms with E-state index in [1.807, 2.05) is 29.6 Å². The molecular formula is C18H20N2O5S. The lowest BCUT2D eigenvalue weighted by Crippen LogP contribution is -2.39. The number of hydrogen-bond acceptors (Lipinski definition) is 7. The Morgan fingerprint density at radius 1 is 1.23 bits per heavy atom. The highest BCUT2D eigenvalue weighted by Gasteiger charge is 2.24. The fraction of sp³-hybridized carbons (Fsp3) is 0.333. The van der Waals surface area contributed by atoms with E-state index < -0.39 is 24.1 Å². The summed E-state index contributed by atoms with van der Waals surface area (Å²) in [6.07, 6.45) is -1.11. The second-order valence-corrected chi connectivity index (χ2v) is 6.51. The van der Waals surface area contributed by atoms with Crippen LogP contribution in [0.25, 0.3) is 10.6 Å². The van der Waals surface area contributed by atoms with Crippen LogP contribution >= 0.6 is 11.3 Å². The number of nitrogens with one attached hydrogen (secondary N) is 1. The number of methoxy groups -OCH3 is 1. The lowest BCUT2D eigenvalue weighted by atomic mass is 10.1. The zero-order chi connectivity index (χ0) is 19.3. The summed E-state index contributed by atoms with van der Waals surface area (Å²) in [7, 11) is 1.13. The average molecular weight is 376 g/mol. The van der Waals surface area contributed by atoms with Gasteiger partial charge in [-0.2, -0.15) is 0 Å². The largest absolute Gasteiger partial charge is 0.453 e. The Balaban J connectivity index is 2.10. The van der Waals surface area contributed by atoms with Gasteiger partial charge in [-0.3, -0.25) is 10.1 Å². The van der Waals surface area contributed by atoms with E-state index in [4.69, 9.17) is 4.74 Å². The first-order chi connectivity index (χ1) is 12.3. The number of aryl methyl sites for hydroxylation is 2. The molecule has 0 fully saturated rings. The maximum Gasteiger partial charge on any atom is 0.413 e. The van der Waals surface area contributed by atoms with Gasteiger partial charge in [-0.05, 0) is 25.8 Å². The van der Waals surface area contributed by atoms with Crippen molar-refractivity contribution in [3.05, 3.63) is 40.4 Å². The van der Waals surface area contributed by atoms with Crippen molar-refractivity contribution in [1.82, 2.24) is 10.3 Å². The summed E-state index contributed by atoms with van der Waals surface area (Å²) < 4.78 is 9.45. The third kappa shape index (κ3) is 4.66. The molecule has 2 aromatic rings. The average Bonchev–Trinajstić information content (AvgIpc) is 3.03. The van der Waals surface area contributed by atoms with E-state index in [-0.39, 0.29) is 0 Å². The molecule has 7 nitrogen and oxygen atoms in total. The molecule has 0 saturated heterocycles. The van der Waals surface area contributed by atoms with Gasteiger partial charge in [0.25, 0.3) is 5.91 Å². The molecule has 0 aliphatic heterocycles. The monoisotopic (exact) mass is 376 g/mol. The van der Waals surface area contributed by atoms with Crippen molar-refractivity contribution in [2.75, 3.05) is 7.11 Å². The zero-order valence-corrected chi connectivity index (χ0v) is 15.8. The molecule has 2 amide bonds. The van der Waals surface area contributed by atoms with Gasteiger partial charge in [-0.25, -0.2) is 14.6 Å². The van der Waals surface area contributed by atoms with Crippen LogP contribution in [-0.2, 0) is 20.7 Å². The number of carbonyl (C=O) groups excluding carboxylic acids is 3. The lowest BCUT2D eigenvalue weighted by molar-refractivity contribution is -0.128. The van der Waals surface area contributed by atoms with Crippen LogP contribution in [0.1, 0.15) is 34.8 Å². The van der Waals surface area contributed by atoms with E-state index in [1.54, 1.807) is 6.92 Å². The zero-order valence-electron chi connectivity index (χ0n) is 15.0. The maximum absolute atomic E-state index is 12.3. The Morgan fingerprint density at radius 2 is 1.88 bits per heavy atom. The highest BCUT2D eigenvalue weighted by molar-refractivity contribution is 7.17. The Labute approximate surface area is 155 Å². The van der Waals surface area contributed by atoms with Crippen LogP contribution in [0.2, 0.25) is 0 Å². The van der Waals surface area contributed by atoms with E-state index in [2.05, 4.69) is 16.6 Å². The summed E-state index contributed by atoms with van der Waals surface area (Å²) in [5, 5.41) is 2.65. The number of aromatic nitrogens is 1. The molecule has 1 aromatic heterocycles. The molecule has 0 bridgehead atoms. The normalized spacial score (nSPS) is 11.5. The standard InChI is InChI=1S/C18H20N2O5S/c1-5-12-6-8-13(9-7-12)16-19-10(2)14(26-16)17(22)25-11(3)15(21)20-18(23)24-4/h6-9,11H,5H2,1-4H3,(H,20,21,23)/t11-/m1/s1. The summed E-state index contributed by atoms with van der Waals surface area (Å²) in [6.45, 7) is 5.15. The van der Waals surface area contributed by atoms with E-state index in [0.717, 1.165) is 19.1 Å². The van der Waals surface area contributed by atoms with Gasteiger partial charge in [-0.1, -0.05) is 31.2 Å². The van der Waals surface area contributed by atoms with Gasteiger partial charge >= 0.3 is 12.1 Å². The Bertz CT molecular complexity index is 813. The van der Waals surface area contributed by atoms with Gasteiger partial charge in [0.05, 0.1) is 12.8 Å². The van der Waals surface area contributed by atoms with Crippen LogP contribution in [-0.4, -0.2) is 36.2 Å². The molecule has 138 valence electrons. The fourth-order valence-corrected chi connectivity index (χ4v) is 3.07. The van der Waals surface area contributed by atoms with Crippen LogP contribution in [0.3, 0.4) is 0 Å². The van der Waals surface area contributed by atoms with Crippen molar-refractivity contribution in [3.8, 4) is 10.6 Å². The van der Waals surface area contributed by atoms with Crippen molar-refractivity contribution in [3.63, 3.8) is 0 Å². The molecule has 8 heteroatoms. The predicted molar refractivity (Wildman–Crippen MR) is 97.1 cm³/mol. The number of nitrogens with zero attached hydrogens (tertiary/aromatic N) is 1. The first-order valence-corrected chi connectivity index (χ1v) is 8.83. The minimum absolute atomic E-state index is 0.317. The molecule has 0 radical (unpaired) electrons. The van der Waals surface area contributed by atoms with Crippen molar-refractivity contribution in [2.24, 2.45) is 0 Å². The molecule has 26 heavy (non-hydrogen) atoms. The number of imide groups is 1. The number of alkyl carbamates (subject to hydrolysis) is 1. The number of amides is 2. The van der Waals surface area contributed by atoms with Crippen LogP contribution in [0.4, 0.5) is 4.79 Å². The van der Waals surface area contributed by atoms with Gasteiger partial charge in [-0.15, -0.1) is 11.3 Å². The van der Waals surface area contributed by atoms with Crippen LogP contribution < -0.4 is 5.32 Å². The van der Waals surface area contributed by atoms with Gasteiger partial charge in [0.2, 0.25) is 0 Å². The summed E-state index contributed by atoms with van der Waals surface area (Å²) >= 11 is 1.20. The SMILES string of the molecule is CCc1ccc(-c2nc(C)c(C(=O)O[C@H](C)C(=O)NC(=O)OC)s2)cc1. The maximum atomic E-state index is 12.3. The topological polar surface area (TPSA) is 94.6 Å². The number of benzene rings is 1. The minimum atomic E-state index is -1.14. The summed E-state index contributed by atoms with van der Waals surface area (Å²) in [5.74, 6) is -1.42. The summed E-state index contributed by atoms with van der Waals surface area (Å²) in [4.78, 5) is 39.9. The molecule has 1 aromatic carbocycles. The van der Waals surface area contributed by atoms with E-state index in [1.165, 1.54) is 23.8 Å². The van der Waals surface area contributed by atoms with E-state index in [0.29, 0.717) is 15.6 Å². The van der Waals surface area contributed by atoms with Crippen LogP contribution in [0.5, 0.6) is 0 Å². The number of hydrogen-bond donors (Lipinski definition) is 1. The number of ether oxygens (including phenoxy) is 2. The Kier molecular flexibility index (Phi) is 6.46. The molecule has 0 aliphatic rings. The number of carbonyl (C=O) groups is 3. The van der Waals surface area contributed by atoms with E-state index in [9.17, 15) is 14.4 Å². The second-order valence-electron chi connectivity index (χ2n) is 5.51. The second kappa shape index (κ2) is 8.57. The highest BCUT2D eigenvalue weighted by Crippen LogP contribution is 2.29. The lowest BCUT2D eigenvalue weighted by Gasteiger charge is -2.11. The summed E-state index contributed by atoms with van der Waals surface area (Å²) in [5.41, 5.74) is 2.65. The Morgan fingerprint density at radius 3 is 2.46 bits per heavy atom.